The zero-order chi connectivity index (χ0) is 27.3. The van der Waals surface area contributed by atoms with Gasteiger partial charge >= 0.3 is 0 Å². The van der Waals surface area contributed by atoms with Crippen molar-refractivity contribution in [2.24, 2.45) is 0 Å². The normalized spacial score (nSPS) is 17.0. The third kappa shape index (κ3) is 5.10. The summed E-state index contributed by atoms with van der Waals surface area (Å²) >= 11 is 0. The Balaban J connectivity index is 1.53. The van der Waals surface area contributed by atoms with Crippen LogP contribution in [0.5, 0.6) is 11.5 Å². The maximum atomic E-state index is 14.0. The molecule has 0 spiro atoms. The summed E-state index contributed by atoms with van der Waals surface area (Å²) in [6.07, 6.45) is 7.32. The zero-order valence-corrected chi connectivity index (χ0v) is 22.2. The van der Waals surface area contributed by atoms with E-state index in [1.54, 1.807) is 15.8 Å². The van der Waals surface area contributed by atoms with Crippen LogP contribution < -0.4 is 19.9 Å². The van der Waals surface area contributed by atoms with Crippen molar-refractivity contribution in [1.29, 1.82) is 0 Å². The van der Waals surface area contributed by atoms with Gasteiger partial charge in [0.2, 0.25) is 5.43 Å². The molecule has 0 radical (unpaired) electrons. The van der Waals surface area contributed by atoms with Crippen LogP contribution in [0.2, 0.25) is 0 Å². The molecule has 0 saturated heterocycles. The molecule has 2 bridgehead atoms. The number of fused-ring (bicyclic) bond motifs is 5. The first-order valence-corrected chi connectivity index (χ1v) is 13.6. The number of ether oxygens (including phenoxy) is 2. The number of nitrogens with zero attached hydrogens (tertiary/aromatic N) is 3. The summed E-state index contributed by atoms with van der Waals surface area (Å²) in [5.41, 5.74) is 2.83. The fraction of sp³-hybridized carbons (Fsp3) is 0.212. The van der Waals surface area contributed by atoms with E-state index in [0.717, 1.165) is 28.9 Å². The number of rotatable bonds is 4. The average molecular weight is 534 g/mol. The SMILES string of the molecule is O=C1c2c(OCc3ccccc3)c(=O)ccn2N2CN1CCC=CCCOc1ccccc1C2c1ccccc1. The molecule has 4 aromatic rings. The molecular formula is C33H31N3O4. The standard InChI is InChI=1S/C33H31N3O4/c37-28-19-21-35-31(32(28)40-23-25-13-5-3-6-14-25)33(38)34-20-11-1-2-12-22-39-29-18-10-9-17-27(29)30(36(35)24-34)26-15-7-4-8-16-26/h1-10,13-19,21,30H,11-12,20,22-24H2. The van der Waals surface area contributed by atoms with E-state index in [1.165, 1.54) is 6.07 Å². The molecule has 0 aliphatic carbocycles. The molecule has 6 rings (SSSR count). The van der Waals surface area contributed by atoms with Gasteiger partial charge in [-0.25, -0.2) is 0 Å². The number of carbonyl (C=O) groups excluding carboxylic acids is 1. The minimum atomic E-state index is -0.324. The lowest BCUT2D eigenvalue weighted by Gasteiger charge is -2.44. The van der Waals surface area contributed by atoms with Crippen LogP contribution in [0.25, 0.3) is 0 Å². The lowest BCUT2D eigenvalue weighted by Crippen LogP contribution is -2.55. The maximum absolute atomic E-state index is 14.0. The van der Waals surface area contributed by atoms with Gasteiger partial charge in [-0.2, -0.15) is 0 Å². The molecule has 0 saturated carbocycles. The molecule has 40 heavy (non-hydrogen) atoms. The van der Waals surface area contributed by atoms with Gasteiger partial charge in [-0.15, -0.1) is 0 Å². The van der Waals surface area contributed by atoms with Crippen molar-refractivity contribution in [3.63, 3.8) is 0 Å². The predicted octanol–water partition coefficient (Wildman–Crippen LogP) is 5.30. The van der Waals surface area contributed by atoms with Crippen LogP contribution in [0.1, 0.15) is 46.1 Å². The van der Waals surface area contributed by atoms with E-state index in [2.05, 4.69) is 35.4 Å². The second kappa shape index (κ2) is 11.5. The van der Waals surface area contributed by atoms with Crippen molar-refractivity contribution >= 4 is 5.91 Å². The number of hydrogen-bond donors (Lipinski definition) is 0. The van der Waals surface area contributed by atoms with Gasteiger partial charge in [0, 0.05) is 24.4 Å². The first kappa shape index (κ1) is 25.5. The van der Waals surface area contributed by atoms with Crippen molar-refractivity contribution in [2.45, 2.75) is 25.5 Å². The van der Waals surface area contributed by atoms with Gasteiger partial charge in [-0.05, 0) is 30.0 Å². The van der Waals surface area contributed by atoms with Crippen LogP contribution in [0.15, 0.2) is 114 Å². The molecule has 0 fully saturated rings. The maximum Gasteiger partial charge on any atom is 0.277 e. The number of amides is 1. The molecule has 0 N–H and O–H groups in total. The number of pyridine rings is 1. The van der Waals surface area contributed by atoms with Gasteiger partial charge in [0.1, 0.15) is 25.1 Å². The molecule has 2 aliphatic heterocycles. The molecule has 1 unspecified atom stereocenters. The van der Waals surface area contributed by atoms with E-state index in [0.29, 0.717) is 26.2 Å². The number of benzene rings is 3. The summed E-state index contributed by atoms with van der Waals surface area (Å²) < 4.78 is 14.2. The third-order valence-corrected chi connectivity index (χ3v) is 7.24. The van der Waals surface area contributed by atoms with Crippen molar-refractivity contribution in [2.75, 3.05) is 24.8 Å². The highest BCUT2D eigenvalue weighted by Crippen LogP contribution is 2.37. The lowest BCUT2D eigenvalue weighted by atomic mass is 9.97. The Morgan fingerprint density at radius 2 is 1.55 bits per heavy atom. The summed E-state index contributed by atoms with van der Waals surface area (Å²) in [6.45, 7) is 1.58. The molecule has 2 aliphatic rings. The van der Waals surface area contributed by atoms with Crippen LogP contribution in [-0.2, 0) is 6.61 Å². The average Bonchev–Trinajstić information content (AvgIpc) is 3.00. The fourth-order valence-electron chi connectivity index (χ4n) is 5.31. The molecule has 7 heteroatoms. The number of para-hydroxylation sites is 1. The Morgan fingerprint density at radius 3 is 2.38 bits per heavy atom. The quantitative estimate of drug-likeness (QED) is 0.333. The van der Waals surface area contributed by atoms with Crippen molar-refractivity contribution < 1.29 is 14.3 Å². The van der Waals surface area contributed by atoms with Crippen LogP contribution in [0.4, 0.5) is 0 Å². The Labute approximate surface area is 233 Å². The summed E-state index contributed by atoms with van der Waals surface area (Å²) in [7, 11) is 0. The van der Waals surface area contributed by atoms with E-state index in [4.69, 9.17) is 9.47 Å². The van der Waals surface area contributed by atoms with Crippen LogP contribution >= 0.6 is 0 Å². The van der Waals surface area contributed by atoms with Gasteiger partial charge < -0.3 is 14.4 Å². The largest absolute Gasteiger partial charge is 0.493 e. The van der Waals surface area contributed by atoms with Gasteiger partial charge in [-0.3, -0.25) is 19.3 Å². The smallest absolute Gasteiger partial charge is 0.277 e. The predicted molar refractivity (Wildman–Crippen MR) is 154 cm³/mol. The number of aromatic nitrogens is 1. The van der Waals surface area contributed by atoms with E-state index < -0.39 is 0 Å². The zero-order valence-electron chi connectivity index (χ0n) is 22.2. The third-order valence-electron chi connectivity index (χ3n) is 7.24. The summed E-state index contributed by atoms with van der Waals surface area (Å²) in [5, 5.41) is 2.12. The monoisotopic (exact) mass is 533 g/mol. The fourth-order valence-corrected chi connectivity index (χ4v) is 5.31. The highest BCUT2D eigenvalue weighted by Gasteiger charge is 2.37. The molecule has 3 aromatic carbocycles. The molecule has 1 atom stereocenters. The molecule has 3 heterocycles. The Morgan fingerprint density at radius 1 is 0.825 bits per heavy atom. The summed E-state index contributed by atoms with van der Waals surface area (Å²) in [6, 6.07) is 29.0. The minimum Gasteiger partial charge on any atom is -0.493 e. The first-order valence-electron chi connectivity index (χ1n) is 13.6. The Kier molecular flexibility index (Phi) is 7.35. The van der Waals surface area contributed by atoms with Gasteiger partial charge in [0.05, 0.1) is 6.61 Å². The topological polar surface area (TPSA) is 64.0 Å². The Bertz CT molecular complexity index is 1570. The first-order chi connectivity index (χ1) is 19.7. The molecule has 202 valence electrons. The summed E-state index contributed by atoms with van der Waals surface area (Å²) in [4.78, 5) is 29.0. The molecule has 1 amide bonds. The van der Waals surface area contributed by atoms with Gasteiger partial charge in [0.25, 0.3) is 5.91 Å². The minimum absolute atomic E-state index is 0.0576. The van der Waals surface area contributed by atoms with E-state index in [9.17, 15) is 9.59 Å². The highest BCUT2D eigenvalue weighted by molar-refractivity contribution is 5.96. The second-order valence-electron chi connectivity index (χ2n) is 9.87. The number of hydrogen-bond acceptors (Lipinski definition) is 5. The number of carbonyl (C=O) groups is 1. The Hall–Kier alpha value is -4.78. The van der Waals surface area contributed by atoms with Crippen molar-refractivity contribution in [3.05, 3.63) is 142 Å². The lowest BCUT2D eigenvalue weighted by molar-refractivity contribution is 0.0679. The van der Waals surface area contributed by atoms with Crippen LogP contribution in [0, 0.1) is 0 Å². The van der Waals surface area contributed by atoms with Crippen molar-refractivity contribution in [3.8, 4) is 11.5 Å². The molecule has 1 aromatic heterocycles. The van der Waals surface area contributed by atoms with E-state index in [-0.39, 0.29) is 35.4 Å². The highest BCUT2D eigenvalue weighted by atomic mass is 16.5. The molecule has 7 nitrogen and oxygen atoms in total. The van der Waals surface area contributed by atoms with Crippen LogP contribution in [0.3, 0.4) is 0 Å². The summed E-state index contributed by atoms with van der Waals surface area (Å²) in [5.74, 6) is 0.620. The second-order valence-corrected chi connectivity index (χ2v) is 9.87. The van der Waals surface area contributed by atoms with Crippen LogP contribution in [-0.4, -0.2) is 35.3 Å². The van der Waals surface area contributed by atoms with Gasteiger partial charge in [0.15, 0.2) is 11.4 Å². The molecular weight excluding hydrogens is 502 g/mol. The van der Waals surface area contributed by atoms with E-state index in [1.807, 2.05) is 66.7 Å². The van der Waals surface area contributed by atoms with Gasteiger partial charge in [-0.1, -0.05) is 91.0 Å². The van der Waals surface area contributed by atoms with E-state index >= 15 is 0 Å². The van der Waals surface area contributed by atoms with Crippen molar-refractivity contribution in [1.82, 2.24) is 9.58 Å².